The van der Waals surface area contributed by atoms with E-state index in [0.717, 1.165) is 9.37 Å². The number of hydrogen-bond donors (Lipinski definition) is 1. The molecule has 1 heterocycles. The van der Waals surface area contributed by atoms with Crippen LogP contribution in [0.15, 0.2) is 28.7 Å². The molecule has 1 aromatic carbocycles. The number of imide groups is 1. The van der Waals surface area contributed by atoms with Crippen LogP contribution < -0.4 is 10.1 Å². The zero-order chi connectivity index (χ0) is 17.9. The van der Waals surface area contributed by atoms with E-state index in [0.29, 0.717) is 5.75 Å². The van der Waals surface area contributed by atoms with E-state index in [-0.39, 0.29) is 12.5 Å². The van der Waals surface area contributed by atoms with Crippen molar-refractivity contribution in [2.24, 2.45) is 5.92 Å². The second-order valence-corrected chi connectivity index (χ2v) is 6.60. The molecule has 0 aromatic heterocycles. The third-order valence-corrected chi connectivity index (χ3v) is 4.16. The average molecular weight is 399 g/mol. The molecule has 0 radical (unpaired) electrons. The predicted molar refractivity (Wildman–Crippen MR) is 89.4 cm³/mol. The van der Waals surface area contributed by atoms with Crippen molar-refractivity contribution < 1.29 is 23.9 Å². The number of esters is 1. The standard InChI is InChI=1S/C16H19BrN2O5/c1-9(2)13(15(21)23-3)19-14(20)12(18-16(19)22)8-24-11-6-4-10(17)5-7-11/h4-7,9,12-13H,8H2,1-3H3,(H,18,22)/t12-,13+/m0/s1. The highest BCUT2D eigenvalue weighted by molar-refractivity contribution is 9.10. The van der Waals surface area contributed by atoms with E-state index in [1.54, 1.807) is 26.0 Å². The summed E-state index contributed by atoms with van der Waals surface area (Å²) in [5.74, 6) is -0.811. The number of hydrogen-bond acceptors (Lipinski definition) is 5. The molecular formula is C16H19BrN2O5. The highest BCUT2D eigenvalue weighted by Crippen LogP contribution is 2.20. The Kier molecular flexibility index (Phi) is 5.82. The smallest absolute Gasteiger partial charge is 0.329 e. The maximum absolute atomic E-state index is 12.5. The van der Waals surface area contributed by atoms with Crippen LogP contribution in [-0.2, 0) is 14.3 Å². The number of ether oxygens (including phenoxy) is 2. The molecule has 1 saturated heterocycles. The number of rotatable bonds is 6. The number of amides is 3. The zero-order valence-corrected chi connectivity index (χ0v) is 15.2. The second kappa shape index (κ2) is 7.65. The van der Waals surface area contributed by atoms with Gasteiger partial charge in [-0.1, -0.05) is 29.8 Å². The van der Waals surface area contributed by atoms with Crippen molar-refractivity contribution in [1.82, 2.24) is 10.2 Å². The molecule has 2 atom stereocenters. The summed E-state index contributed by atoms with van der Waals surface area (Å²) in [6.45, 7) is 3.47. The van der Waals surface area contributed by atoms with Gasteiger partial charge in [-0.25, -0.2) is 14.5 Å². The number of methoxy groups -OCH3 is 1. The van der Waals surface area contributed by atoms with Crippen LogP contribution in [0.25, 0.3) is 0 Å². The fraction of sp³-hybridized carbons (Fsp3) is 0.438. The zero-order valence-electron chi connectivity index (χ0n) is 13.6. The van der Waals surface area contributed by atoms with Crippen molar-refractivity contribution in [3.05, 3.63) is 28.7 Å². The molecule has 1 fully saturated rings. The maximum atomic E-state index is 12.5. The number of urea groups is 1. The number of carbonyl (C=O) groups is 3. The average Bonchev–Trinajstić information content (AvgIpc) is 2.82. The topological polar surface area (TPSA) is 84.9 Å². The molecule has 3 amide bonds. The molecule has 2 rings (SSSR count). The third kappa shape index (κ3) is 3.87. The highest BCUT2D eigenvalue weighted by atomic mass is 79.9. The third-order valence-electron chi connectivity index (χ3n) is 3.63. The van der Waals surface area contributed by atoms with Crippen molar-refractivity contribution >= 4 is 33.8 Å². The summed E-state index contributed by atoms with van der Waals surface area (Å²) in [4.78, 5) is 37.5. The van der Waals surface area contributed by atoms with Crippen LogP contribution in [0.4, 0.5) is 4.79 Å². The Balaban J connectivity index is 2.07. The first-order chi connectivity index (χ1) is 11.3. The summed E-state index contributed by atoms with van der Waals surface area (Å²) in [6.07, 6.45) is 0. The van der Waals surface area contributed by atoms with E-state index >= 15 is 0 Å². The van der Waals surface area contributed by atoms with E-state index in [4.69, 9.17) is 9.47 Å². The van der Waals surface area contributed by atoms with Gasteiger partial charge >= 0.3 is 12.0 Å². The molecule has 1 aromatic rings. The minimum Gasteiger partial charge on any atom is -0.491 e. The van der Waals surface area contributed by atoms with Crippen molar-refractivity contribution in [2.45, 2.75) is 25.9 Å². The molecule has 7 nitrogen and oxygen atoms in total. The van der Waals surface area contributed by atoms with Gasteiger partial charge in [-0.15, -0.1) is 0 Å². The second-order valence-electron chi connectivity index (χ2n) is 5.69. The minimum atomic E-state index is -0.958. The van der Waals surface area contributed by atoms with Crippen molar-refractivity contribution in [3.8, 4) is 5.75 Å². The molecule has 24 heavy (non-hydrogen) atoms. The highest BCUT2D eigenvalue weighted by Gasteiger charge is 2.46. The summed E-state index contributed by atoms with van der Waals surface area (Å²) >= 11 is 3.32. The van der Waals surface area contributed by atoms with Gasteiger partial charge in [-0.2, -0.15) is 0 Å². The van der Waals surface area contributed by atoms with Gasteiger partial charge in [-0.05, 0) is 30.2 Å². The Labute approximate surface area is 148 Å². The first-order valence-corrected chi connectivity index (χ1v) is 8.24. The minimum absolute atomic E-state index is 0.0192. The van der Waals surface area contributed by atoms with E-state index in [1.165, 1.54) is 7.11 Å². The fourth-order valence-electron chi connectivity index (χ4n) is 2.43. The van der Waals surface area contributed by atoms with Gasteiger partial charge in [0.05, 0.1) is 7.11 Å². The van der Waals surface area contributed by atoms with Gasteiger partial charge in [0.25, 0.3) is 5.91 Å². The Morgan fingerprint density at radius 2 is 1.92 bits per heavy atom. The largest absolute Gasteiger partial charge is 0.491 e. The molecule has 1 N–H and O–H groups in total. The van der Waals surface area contributed by atoms with Gasteiger partial charge in [0, 0.05) is 4.47 Å². The van der Waals surface area contributed by atoms with Gasteiger partial charge in [0.1, 0.15) is 24.4 Å². The maximum Gasteiger partial charge on any atom is 0.329 e. The number of carbonyl (C=O) groups excluding carboxylic acids is 3. The number of nitrogens with zero attached hydrogens (tertiary/aromatic N) is 1. The lowest BCUT2D eigenvalue weighted by Gasteiger charge is -2.26. The van der Waals surface area contributed by atoms with Gasteiger partial charge < -0.3 is 14.8 Å². The monoisotopic (exact) mass is 398 g/mol. The van der Waals surface area contributed by atoms with Crippen LogP contribution in [0, 0.1) is 5.92 Å². The van der Waals surface area contributed by atoms with E-state index in [9.17, 15) is 14.4 Å². The molecule has 130 valence electrons. The molecule has 0 bridgehead atoms. The van der Waals surface area contributed by atoms with Gasteiger partial charge in [-0.3, -0.25) is 4.79 Å². The predicted octanol–water partition coefficient (Wildman–Crippen LogP) is 1.95. The molecule has 0 aliphatic carbocycles. The molecule has 0 unspecified atom stereocenters. The Morgan fingerprint density at radius 1 is 1.29 bits per heavy atom. The molecule has 0 spiro atoms. The first-order valence-electron chi connectivity index (χ1n) is 7.45. The first kappa shape index (κ1) is 18.3. The van der Waals surface area contributed by atoms with Crippen molar-refractivity contribution in [3.63, 3.8) is 0 Å². The van der Waals surface area contributed by atoms with Gasteiger partial charge in [0.2, 0.25) is 0 Å². The van der Waals surface area contributed by atoms with Crippen LogP contribution >= 0.6 is 15.9 Å². The molecule has 1 aliphatic rings. The van der Waals surface area contributed by atoms with Crippen LogP contribution in [-0.4, -0.2) is 48.6 Å². The number of halogens is 1. The quantitative estimate of drug-likeness (QED) is 0.584. The lowest BCUT2D eigenvalue weighted by atomic mass is 10.0. The van der Waals surface area contributed by atoms with E-state index in [1.807, 2.05) is 12.1 Å². The SMILES string of the molecule is COC(=O)[C@@H](C(C)C)N1C(=O)N[C@@H](COc2ccc(Br)cc2)C1=O. The van der Waals surface area contributed by atoms with E-state index < -0.39 is 30.0 Å². The molecule has 0 saturated carbocycles. The summed E-state index contributed by atoms with van der Waals surface area (Å²) in [7, 11) is 1.23. The Morgan fingerprint density at radius 3 is 2.46 bits per heavy atom. The van der Waals surface area contributed by atoms with Crippen LogP contribution in [0.2, 0.25) is 0 Å². The number of benzene rings is 1. The molecule has 1 aliphatic heterocycles. The van der Waals surface area contributed by atoms with E-state index in [2.05, 4.69) is 21.2 Å². The lowest BCUT2D eigenvalue weighted by molar-refractivity contribution is -0.151. The van der Waals surface area contributed by atoms with Gasteiger partial charge in [0.15, 0.2) is 0 Å². The number of nitrogens with one attached hydrogen (secondary N) is 1. The fourth-order valence-corrected chi connectivity index (χ4v) is 2.70. The van der Waals surface area contributed by atoms with Crippen LogP contribution in [0.5, 0.6) is 5.75 Å². The lowest BCUT2D eigenvalue weighted by Crippen LogP contribution is -2.49. The van der Waals surface area contributed by atoms with Crippen LogP contribution in [0.3, 0.4) is 0 Å². The summed E-state index contributed by atoms with van der Waals surface area (Å²) in [5.41, 5.74) is 0. The summed E-state index contributed by atoms with van der Waals surface area (Å²) in [5, 5.41) is 2.55. The van der Waals surface area contributed by atoms with Crippen LogP contribution in [0.1, 0.15) is 13.8 Å². The summed E-state index contributed by atoms with van der Waals surface area (Å²) < 4.78 is 11.2. The molecule has 8 heteroatoms. The normalized spacial score (nSPS) is 18.5. The van der Waals surface area contributed by atoms with Crippen molar-refractivity contribution in [1.29, 1.82) is 0 Å². The molecular weight excluding hydrogens is 380 g/mol. The summed E-state index contributed by atoms with van der Waals surface area (Å²) in [6, 6.07) is 4.69. The van der Waals surface area contributed by atoms with Crippen molar-refractivity contribution in [2.75, 3.05) is 13.7 Å². The Bertz CT molecular complexity index is 632. The Hall–Kier alpha value is -2.09.